The van der Waals surface area contributed by atoms with Crippen molar-refractivity contribution in [2.75, 3.05) is 19.8 Å². The minimum absolute atomic E-state index is 0.182. The fraction of sp³-hybridized carbons (Fsp3) is 0.208. The van der Waals surface area contributed by atoms with Crippen molar-refractivity contribution in [1.82, 2.24) is 4.90 Å². The Balaban J connectivity index is 2.05. The average Bonchev–Trinajstić information content (AvgIpc) is 2.78. The quantitative estimate of drug-likeness (QED) is 0.339. The molecule has 3 rings (SSSR count). The summed E-state index contributed by atoms with van der Waals surface area (Å²) in [4.78, 5) is 26.6. The third-order valence-electron chi connectivity index (χ3n) is 5.26. The molecule has 0 spiro atoms. The van der Waals surface area contributed by atoms with E-state index < -0.39 is 11.2 Å². The molecular formula is C24H20Cl2N2O3S. The zero-order valence-corrected chi connectivity index (χ0v) is 19.8. The summed E-state index contributed by atoms with van der Waals surface area (Å²) in [6.07, 6.45) is 2.43. The van der Waals surface area contributed by atoms with Crippen molar-refractivity contribution in [2.45, 2.75) is 17.2 Å². The van der Waals surface area contributed by atoms with E-state index in [1.54, 1.807) is 49.5 Å². The Hall–Kier alpha value is -2.56. The molecule has 0 radical (unpaired) electrons. The van der Waals surface area contributed by atoms with Crippen LogP contribution in [0, 0.1) is 11.3 Å². The van der Waals surface area contributed by atoms with Gasteiger partial charge in [-0.05, 0) is 45.7 Å². The first-order valence-corrected chi connectivity index (χ1v) is 12.0. The lowest BCUT2D eigenvalue weighted by atomic mass is 9.95. The molecule has 0 N–H and O–H groups in total. The van der Waals surface area contributed by atoms with Gasteiger partial charge in [-0.3, -0.25) is 4.79 Å². The molecule has 0 aliphatic rings. The monoisotopic (exact) mass is 486 g/mol. The molecule has 0 aliphatic carbocycles. The molecule has 0 aromatic heterocycles. The second-order valence-electron chi connectivity index (χ2n) is 7.37. The summed E-state index contributed by atoms with van der Waals surface area (Å²) < 4.78 is 12.5. The standard InChI is InChI=1S/C24H20Cl2N2O3S/c1-28(14-17(9-10-29)15-7-8-20(25)21(26)12-15)24(30)22-19-6-4-3-5-16(19)11-18(13-27)23(22)32(2)31/h3-8,10-12,17H,9,14H2,1-2H3. The number of nitriles is 1. The van der Waals surface area contributed by atoms with Gasteiger partial charge in [0, 0.05) is 25.9 Å². The van der Waals surface area contributed by atoms with Crippen molar-refractivity contribution >= 4 is 57.3 Å². The van der Waals surface area contributed by atoms with Gasteiger partial charge in [0.1, 0.15) is 29.7 Å². The van der Waals surface area contributed by atoms with Crippen LogP contribution in [-0.2, 0) is 16.0 Å². The molecular weight excluding hydrogens is 467 g/mol. The Kier molecular flexibility index (Phi) is 7.81. The lowest BCUT2D eigenvalue weighted by Crippen LogP contribution is -2.32. The maximum Gasteiger partial charge on any atom is 0.259 e. The van der Waals surface area contributed by atoms with Gasteiger partial charge in [0.2, 0.25) is 0 Å². The average molecular weight is 487 g/mol. The van der Waals surface area contributed by atoms with Crippen LogP contribution in [-0.4, -0.2) is 41.5 Å². The summed E-state index contributed by atoms with van der Waals surface area (Å²) in [7, 11) is 1.62. The summed E-state index contributed by atoms with van der Waals surface area (Å²) in [5.41, 5.74) is 1.22. The van der Waals surface area contributed by atoms with Crippen molar-refractivity contribution in [2.24, 2.45) is 0 Å². The summed E-state index contributed by atoms with van der Waals surface area (Å²) in [5.74, 6) is -0.684. The van der Waals surface area contributed by atoms with Gasteiger partial charge >= 0.3 is 0 Å². The largest absolute Gasteiger partial charge is 0.612 e. The van der Waals surface area contributed by atoms with Crippen LogP contribution in [0.1, 0.15) is 33.8 Å². The number of fused-ring (bicyclic) bond motifs is 1. The number of hydrogen-bond acceptors (Lipinski definition) is 4. The van der Waals surface area contributed by atoms with Crippen LogP contribution in [0.25, 0.3) is 10.8 Å². The number of amides is 1. The zero-order chi connectivity index (χ0) is 23.4. The van der Waals surface area contributed by atoms with E-state index in [1.807, 2.05) is 6.07 Å². The highest BCUT2D eigenvalue weighted by Crippen LogP contribution is 2.32. The van der Waals surface area contributed by atoms with Gasteiger partial charge in [0.15, 0.2) is 4.90 Å². The number of hydrogen-bond donors (Lipinski definition) is 0. The Morgan fingerprint density at radius 3 is 2.56 bits per heavy atom. The van der Waals surface area contributed by atoms with Crippen LogP contribution in [0.15, 0.2) is 53.4 Å². The first kappa shape index (κ1) is 24.1. The summed E-state index contributed by atoms with van der Waals surface area (Å²) in [6, 6.07) is 16.0. The first-order valence-electron chi connectivity index (χ1n) is 9.71. The van der Waals surface area contributed by atoms with Crippen LogP contribution in [0.5, 0.6) is 0 Å². The van der Waals surface area contributed by atoms with Gasteiger partial charge in [0.05, 0.1) is 10.0 Å². The van der Waals surface area contributed by atoms with Crippen LogP contribution in [0.2, 0.25) is 10.0 Å². The lowest BCUT2D eigenvalue weighted by molar-refractivity contribution is -0.108. The maximum absolute atomic E-state index is 13.6. The first-order chi connectivity index (χ1) is 15.3. The summed E-state index contributed by atoms with van der Waals surface area (Å²) in [5, 5.41) is 11.7. The number of likely N-dealkylation sites (N-methyl/N-ethyl adjacent to an activating group) is 1. The predicted molar refractivity (Wildman–Crippen MR) is 128 cm³/mol. The van der Waals surface area contributed by atoms with Gasteiger partial charge < -0.3 is 14.2 Å². The molecule has 3 aromatic rings. The molecule has 0 aliphatic heterocycles. The van der Waals surface area contributed by atoms with E-state index in [-0.39, 0.29) is 40.8 Å². The Bertz CT molecular complexity index is 1220. The molecule has 3 aromatic carbocycles. The second kappa shape index (κ2) is 10.4. The molecule has 0 heterocycles. The van der Waals surface area contributed by atoms with Crippen LogP contribution in [0.4, 0.5) is 0 Å². The molecule has 0 fully saturated rings. The Labute approximate surface area is 199 Å². The third-order valence-corrected chi connectivity index (χ3v) is 7.00. The topological polar surface area (TPSA) is 84.2 Å². The van der Waals surface area contributed by atoms with E-state index in [4.69, 9.17) is 23.2 Å². The highest BCUT2D eigenvalue weighted by molar-refractivity contribution is 7.90. The van der Waals surface area contributed by atoms with Gasteiger partial charge in [0.25, 0.3) is 5.91 Å². The zero-order valence-electron chi connectivity index (χ0n) is 17.5. The Morgan fingerprint density at radius 2 is 1.94 bits per heavy atom. The fourth-order valence-corrected chi connectivity index (χ4v) is 4.93. The fourth-order valence-electron chi connectivity index (χ4n) is 3.73. The molecule has 32 heavy (non-hydrogen) atoms. The molecule has 1 amide bonds. The number of benzene rings is 3. The molecule has 5 nitrogen and oxygen atoms in total. The van der Waals surface area contributed by atoms with Gasteiger partial charge in [-0.15, -0.1) is 0 Å². The highest BCUT2D eigenvalue weighted by atomic mass is 35.5. The van der Waals surface area contributed by atoms with Crippen molar-refractivity contribution in [3.63, 3.8) is 0 Å². The van der Waals surface area contributed by atoms with Crippen LogP contribution in [0.3, 0.4) is 0 Å². The minimum Gasteiger partial charge on any atom is -0.612 e. The second-order valence-corrected chi connectivity index (χ2v) is 9.50. The maximum atomic E-state index is 13.6. The number of halogens is 2. The molecule has 8 heteroatoms. The molecule has 2 atom stereocenters. The van der Waals surface area contributed by atoms with E-state index in [2.05, 4.69) is 6.07 Å². The number of rotatable bonds is 7. The smallest absolute Gasteiger partial charge is 0.259 e. The minimum atomic E-state index is -1.56. The summed E-state index contributed by atoms with van der Waals surface area (Å²) in [6.45, 7) is 0.219. The van der Waals surface area contributed by atoms with Gasteiger partial charge in [-0.1, -0.05) is 53.5 Å². The number of carbonyl (C=O) groups excluding carboxylic acids is 2. The van der Waals surface area contributed by atoms with E-state index >= 15 is 0 Å². The SMILES string of the molecule is CN(CC(CC=O)c1ccc(Cl)c(Cl)c1)C(=O)c1c([S+](C)[O-])c(C#N)cc2ccccc12. The number of aldehydes is 1. The van der Waals surface area contributed by atoms with E-state index in [0.717, 1.165) is 11.8 Å². The van der Waals surface area contributed by atoms with Crippen LogP contribution < -0.4 is 0 Å². The predicted octanol–water partition coefficient (Wildman–Crippen LogP) is 5.20. The van der Waals surface area contributed by atoms with Gasteiger partial charge in [-0.2, -0.15) is 5.26 Å². The number of nitrogens with zero attached hydrogens (tertiary/aromatic N) is 2. The molecule has 0 saturated carbocycles. The highest BCUT2D eigenvalue weighted by Gasteiger charge is 2.29. The van der Waals surface area contributed by atoms with Crippen molar-refractivity contribution in [3.05, 3.63) is 75.3 Å². The number of carbonyl (C=O) groups is 2. The van der Waals surface area contributed by atoms with Gasteiger partial charge in [-0.25, -0.2) is 0 Å². The van der Waals surface area contributed by atoms with Crippen molar-refractivity contribution < 1.29 is 14.1 Å². The molecule has 0 saturated heterocycles. The van der Waals surface area contributed by atoms with Crippen molar-refractivity contribution in [3.8, 4) is 6.07 Å². The van der Waals surface area contributed by atoms with Crippen molar-refractivity contribution in [1.29, 1.82) is 5.26 Å². The molecule has 0 bridgehead atoms. The van der Waals surface area contributed by atoms with E-state index in [9.17, 15) is 19.4 Å². The summed E-state index contributed by atoms with van der Waals surface area (Å²) >= 11 is 10.6. The third kappa shape index (κ3) is 4.92. The normalized spacial score (nSPS) is 12.8. The molecule has 2 unspecified atom stereocenters. The lowest BCUT2D eigenvalue weighted by Gasteiger charge is -2.25. The Morgan fingerprint density at radius 1 is 1.22 bits per heavy atom. The van der Waals surface area contributed by atoms with Crippen LogP contribution >= 0.6 is 23.2 Å². The van der Waals surface area contributed by atoms with E-state index in [1.165, 1.54) is 11.2 Å². The molecule has 164 valence electrons. The van der Waals surface area contributed by atoms with E-state index in [0.29, 0.717) is 20.8 Å².